The lowest BCUT2D eigenvalue weighted by molar-refractivity contribution is 0.0661. The van der Waals surface area contributed by atoms with Crippen LogP contribution in [0.25, 0.3) is 0 Å². The molecule has 110 valence electrons. The Morgan fingerprint density at radius 1 is 1.40 bits per heavy atom. The fraction of sp³-hybridized carbons (Fsp3) is 0.714. The zero-order chi connectivity index (χ0) is 13.9. The van der Waals surface area contributed by atoms with Crippen LogP contribution in [0.5, 0.6) is 0 Å². The molecule has 1 aliphatic heterocycles. The minimum atomic E-state index is -0.279. The summed E-state index contributed by atoms with van der Waals surface area (Å²) >= 11 is 0. The molecule has 6 heteroatoms. The van der Waals surface area contributed by atoms with Crippen molar-refractivity contribution in [1.29, 1.82) is 0 Å². The van der Waals surface area contributed by atoms with Crippen LogP contribution in [0.4, 0.5) is 0 Å². The smallest absolute Gasteiger partial charge is 0.272 e. The van der Waals surface area contributed by atoms with Gasteiger partial charge in [-0.1, -0.05) is 12.8 Å². The maximum Gasteiger partial charge on any atom is 0.272 e. The summed E-state index contributed by atoms with van der Waals surface area (Å²) in [5.74, 6) is 0.0459. The Kier molecular flexibility index (Phi) is 4.03. The van der Waals surface area contributed by atoms with Crippen molar-refractivity contribution in [2.75, 3.05) is 13.1 Å². The first-order chi connectivity index (χ1) is 9.75. The fourth-order valence-electron chi connectivity index (χ4n) is 3.15. The number of fused-ring (bicyclic) bond motifs is 1. The van der Waals surface area contributed by atoms with E-state index in [0.717, 1.165) is 49.9 Å². The van der Waals surface area contributed by atoms with Gasteiger partial charge in [0.2, 0.25) is 0 Å². The quantitative estimate of drug-likeness (QED) is 0.641. The number of hydrogen-bond donors (Lipinski definition) is 4. The Bertz CT molecular complexity index is 486. The second-order valence-electron chi connectivity index (χ2n) is 5.78. The summed E-state index contributed by atoms with van der Waals surface area (Å²) in [4.78, 5) is 12.2. The molecule has 1 aliphatic carbocycles. The van der Waals surface area contributed by atoms with Crippen LogP contribution in [-0.4, -0.2) is 40.4 Å². The van der Waals surface area contributed by atoms with E-state index in [1.54, 1.807) is 0 Å². The molecule has 0 radical (unpaired) electrons. The fourth-order valence-corrected chi connectivity index (χ4v) is 3.15. The van der Waals surface area contributed by atoms with Gasteiger partial charge < -0.3 is 15.7 Å². The van der Waals surface area contributed by atoms with E-state index >= 15 is 0 Å². The molecule has 1 fully saturated rings. The van der Waals surface area contributed by atoms with Crippen LogP contribution < -0.4 is 10.6 Å². The second-order valence-corrected chi connectivity index (χ2v) is 5.78. The molecule has 0 spiro atoms. The lowest BCUT2D eigenvalue weighted by Gasteiger charge is -2.27. The third-order valence-electron chi connectivity index (χ3n) is 4.42. The number of aromatic nitrogens is 2. The molecule has 0 bridgehead atoms. The number of aliphatic hydroxyl groups is 1. The number of carbonyl (C=O) groups is 1. The standard InChI is InChI=1S/C14H22N4O2/c19-12-4-2-1-3-9(12)7-16-14(20)13-10-8-15-6-5-11(10)17-18-13/h9,12,15,19H,1-8H2,(H,16,20)(H,17,18). The van der Waals surface area contributed by atoms with E-state index in [-0.39, 0.29) is 17.9 Å². The average Bonchev–Trinajstić information content (AvgIpc) is 2.90. The van der Waals surface area contributed by atoms with Crippen LogP contribution in [0.3, 0.4) is 0 Å². The summed E-state index contributed by atoms with van der Waals surface area (Å²) < 4.78 is 0. The molecule has 0 saturated heterocycles. The van der Waals surface area contributed by atoms with Gasteiger partial charge in [-0.15, -0.1) is 0 Å². The topological polar surface area (TPSA) is 90.0 Å². The van der Waals surface area contributed by atoms with Crippen molar-refractivity contribution in [2.45, 2.75) is 44.8 Å². The first-order valence-electron chi connectivity index (χ1n) is 7.49. The SMILES string of the molecule is O=C(NCC1CCCCC1O)c1n[nH]c2c1CNCC2. The Hall–Kier alpha value is -1.40. The van der Waals surface area contributed by atoms with Gasteiger partial charge in [0.1, 0.15) is 0 Å². The van der Waals surface area contributed by atoms with Crippen molar-refractivity contribution in [1.82, 2.24) is 20.8 Å². The molecule has 1 amide bonds. The molecule has 0 aromatic carbocycles. The van der Waals surface area contributed by atoms with Crippen LogP contribution in [0.2, 0.25) is 0 Å². The number of aliphatic hydroxyl groups excluding tert-OH is 1. The van der Waals surface area contributed by atoms with E-state index in [9.17, 15) is 9.90 Å². The first-order valence-corrected chi connectivity index (χ1v) is 7.49. The van der Waals surface area contributed by atoms with Crippen LogP contribution >= 0.6 is 0 Å². The predicted molar refractivity (Wildman–Crippen MR) is 74.3 cm³/mol. The summed E-state index contributed by atoms with van der Waals surface area (Å²) in [6.45, 7) is 2.15. The van der Waals surface area contributed by atoms with E-state index in [2.05, 4.69) is 20.8 Å². The van der Waals surface area contributed by atoms with Crippen LogP contribution in [0.15, 0.2) is 0 Å². The van der Waals surface area contributed by atoms with Crippen molar-refractivity contribution >= 4 is 5.91 Å². The van der Waals surface area contributed by atoms with Gasteiger partial charge >= 0.3 is 0 Å². The van der Waals surface area contributed by atoms with Gasteiger partial charge in [-0.25, -0.2) is 0 Å². The van der Waals surface area contributed by atoms with E-state index in [1.165, 1.54) is 0 Å². The third-order valence-corrected chi connectivity index (χ3v) is 4.42. The normalized spacial score (nSPS) is 26.1. The minimum absolute atomic E-state index is 0.135. The third kappa shape index (κ3) is 2.71. The van der Waals surface area contributed by atoms with Gasteiger partial charge in [0.15, 0.2) is 5.69 Å². The summed E-state index contributed by atoms with van der Waals surface area (Å²) in [7, 11) is 0. The molecule has 20 heavy (non-hydrogen) atoms. The van der Waals surface area contributed by atoms with Gasteiger partial charge in [0.05, 0.1) is 6.10 Å². The van der Waals surface area contributed by atoms with Crippen molar-refractivity contribution in [2.24, 2.45) is 5.92 Å². The van der Waals surface area contributed by atoms with Crippen LogP contribution in [0.1, 0.15) is 47.4 Å². The zero-order valence-electron chi connectivity index (χ0n) is 11.6. The zero-order valence-corrected chi connectivity index (χ0v) is 11.6. The van der Waals surface area contributed by atoms with Crippen LogP contribution in [-0.2, 0) is 13.0 Å². The van der Waals surface area contributed by atoms with E-state index in [0.29, 0.717) is 18.8 Å². The highest BCUT2D eigenvalue weighted by Crippen LogP contribution is 2.23. The highest BCUT2D eigenvalue weighted by atomic mass is 16.3. The largest absolute Gasteiger partial charge is 0.393 e. The van der Waals surface area contributed by atoms with Crippen molar-refractivity contribution < 1.29 is 9.90 Å². The van der Waals surface area contributed by atoms with Crippen molar-refractivity contribution in [3.63, 3.8) is 0 Å². The maximum absolute atomic E-state index is 12.2. The molecule has 2 atom stereocenters. The number of carbonyl (C=O) groups excluding carboxylic acids is 1. The molecule has 2 unspecified atom stereocenters. The molecule has 1 saturated carbocycles. The molecule has 3 rings (SSSR count). The molecular weight excluding hydrogens is 256 g/mol. The van der Waals surface area contributed by atoms with Crippen molar-refractivity contribution in [3.05, 3.63) is 17.0 Å². The number of nitrogens with one attached hydrogen (secondary N) is 3. The van der Waals surface area contributed by atoms with Gasteiger partial charge in [0.25, 0.3) is 5.91 Å². The number of aromatic amines is 1. The summed E-state index contributed by atoms with van der Waals surface area (Å²) in [6, 6.07) is 0. The summed E-state index contributed by atoms with van der Waals surface area (Å²) in [5, 5.41) is 23.2. The maximum atomic E-state index is 12.2. The van der Waals surface area contributed by atoms with E-state index < -0.39 is 0 Å². The molecule has 1 aromatic heterocycles. The number of nitrogens with zero attached hydrogens (tertiary/aromatic N) is 1. The molecule has 6 nitrogen and oxygen atoms in total. The highest BCUT2D eigenvalue weighted by molar-refractivity contribution is 5.94. The molecule has 1 aromatic rings. The Labute approximate surface area is 118 Å². The second kappa shape index (κ2) is 5.93. The molecule has 4 N–H and O–H groups in total. The highest BCUT2D eigenvalue weighted by Gasteiger charge is 2.25. The molecular formula is C14H22N4O2. The summed E-state index contributed by atoms with van der Waals surface area (Å²) in [6.07, 6.45) is 4.67. The average molecular weight is 278 g/mol. The van der Waals surface area contributed by atoms with Gasteiger partial charge in [0, 0.05) is 43.2 Å². The van der Waals surface area contributed by atoms with Gasteiger partial charge in [-0.3, -0.25) is 9.89 Å². The monoisotopic (exact) mass is 278 g/mol. The molecule has 2 aliphatic rings. The number of hydrogen-bond acceptors (Lipinski definition) is 4. The Balaban J connectivity index is 1.60. The lowest BCUT2D eigenvalue weighted by atomic mass is 9.86. The van der Waals surface area contributed by atoms with Gasteiger partial charge in [-0.05, 0) is 12.8 Å². The Morgan fingerprint density at radius 2 is 2.25 bits per heavy atom. The van der Waals surface area contributed by atoms with E-state index in [1.807, 2.05) is 0 Å². The number of rotatable bonds is 3. The number of amides is 1. The molecule has 2 heterocycles. The lowest BCUT2D eigenvalue weighted by Crippen LogP contribution is -2.37. The van der Waals surface area contributed by atoms with Crippen molar-refractivity contribution in [3.8, 4) is 0 Å². The summed E-state index contributed by atoms with van der Waals surface area (Å²) in [5.41, 5.74) is 2.54. The Morgan fingerprint density at radius 3 is 3.10 bits per heavy atom. The minimum Gasteiger partial charge on any atom is -0.393 e. The van der Waals surface area contributed by atoms with Gasteiger partial charge in [-0.2, -0.15) is 5.10 Å². The van der Waals surface area contributed by atoms with E-state index in [4.69, 9.17) is 0 Å². The van der Waals surface area contributed by atoms with Crippen LogP contribution in [0, 0.1) is 5.92 Å². The number of H-pyrrole nitrogens is 1. The predicted octanol–water partition coefficient (Wildman–Crippen LogP) is 0.336. The first kappa shape index (κ1) is 13.6.